The summed E-state index contributed by atoms with van der Waals surface area (Å²) >= 11 is 0. The fourth-order valence-electron chi connectivity index (χ4n) is 3.60. The number of nitrogens with zero attached hydrogens (tertiary/aromatic N) is 6. The Kier molecular flexibility index (Phi) is 6.84. The van der Waals surface area contributed by atoms with E-state index in [0.29, 0.717) is 0 Å². The van der Waals surface area contributed by atoms with Crippen molar-refractivity contribution in [2.75, 3.05) is 70.4 Å². The number of guanidine groups is 1. The topological polar surface area (TPSA) is 69.1 Å². The van der Waals surface area contributed by atoms with Crippen LogP contribution in [0.2, 0.25) is 0 Å². The summed E-state index contributed by atoms with van der Waals surface area (Å²) in [5.41, 5.74) is -0.0533. The molecule has 2 saturated heterocycles. The van der Waals surface area contributed by atoms with Crippen molar-refractivity contribution in [3.8, 4) is 0 Å². The lowest BCUT2D eigenvalue weighted by Crippen LogP contribution is -2.53. The fourth-order valence-corrected chi connectivity index (χ4v) is 3.60. The molecular weight excluding hydrogens is 342 g/mol. The van der Waals surface area contributed by atoms with Gasteiger partial charge in [0.1, 0.15) is 0 Å². The lowest BCUT2D eigenvalue weighted by atomic mass is 10.1. The molecule has 2 aliphatic rings. The largest absolute Gasteiger partial charge is 0.373 e. The number of rotatable bonds is 5. The van der Waals surface area contributed by atoms with E-state index in [0.717, 1.165) is 77.4 Å². The van der Waals surface area contributed by atoms with E-state index in [1.807, 2.05) is 6.07 Å². The minimum Gasteiger partial charge on any atom is -0.373 e. The van der Waals surface area contributed by atoms with Gasteiger partial charge < -0.3 is 19.9 Å². The number of morpholine rings is 1. The summed E-state index contributed by atoms with van der Waals surface area (Å²) in [6.07, 6.45) is 3.60. The molecule has 0 aromatic carbocycles. The Morgan fingerprint density at radius 1 is 1.19 bits per heavy atom. The number of hydrogen-bond donors (Lipinski definition) is 1. The van der Waals surface area contributed by atoms with Gasteiger partial charge in [-0.15, -0.1) is 0 Å². The maximum Gasteiger partial charge on any atom is 0.225 e. The van der Waals surface area contributed by atoms with E-state index in [1.165, 1.54) is 0 Å². The van der Waals surface area contributed by atoms with Crippen LogP contribution in [0, 0.1) is 0 Å². The average molecular weight is 376 g/mol. The number of aromatic nitrogens is 2. The van der Waals surface area contributed by atoms with Gasteiger partial charge in [0, 0.05) is 64.8 Å². The van der Waals surface area contributed by atoms with Gasteiger partial charge >= 0.3 is 0 Å². The van der Waals surface area contributed by atoms with E-state index in [1.54, 1.807) is 12.4 Å². The van der Waals surface area contributed by atoms with Crippen molar-refractivity contribution in [3.05, 3.63) is 18.5 Å². The first-order valence-corrected chi connectivity index (χ1v) is 9.99. The van der Waals surface area contributed by atoms with Crippen molar-refractivity contribution < 1.29 is 4.74 Å². The third-order valence-corrected chi connectivity index (χ3v) is 4.93. The maximum atomic E-state index is 5.79. The van der Waals surface area contributed by atoms with E-state index in [2.05, 4.69) is 50.8 Å². The Bertz CT molecular complexity index is 599. The van der Waals surface area contributed by atoms with Crippen molar-refractivity contribution in [2.45, 2.75) is 26.4 Å². The van der Waals surface area contributed by atoms with Gasteiger partial charge in [0.15, 0.2) is 5.96 Å². The fraction of sp³-hybridized carbons (Fsp3) is 0.737. The van der Waals surface area contributed by atoms with Gasteiger partial charge in [0.25, 0.3) is 0 Å². The van der Waals surface area contributed by atoms with Crippen LogP contribution in [0.4, 0.5) is 5.95 Å². The summed E-state index contributed by atoms with van der Waals surface area (Å²) in [4.78, 5) is 20.6. The molecule has 1 aromatic rings. The zero-order chi connectivity index (χ0) is 19.1. The summed E-state index contributed by atoms with van der Waals surface area (Å²) in [5, 5.41) is 3.44. The lowest BCUT2D eigenvalue weighted by Gasteiger charge is -2.38. The van der Waals surface area contributed by atoms with Gasteiger partial charge in [0.05, 0.1) is 18.8 Å². The zero-order valence-corrected chi connectivity index (χ0v) is 16.9. The Morgan fingerprint density at radius 2 is 1.93 bits per heavy atom. The molecule has 0 radical (unpaired) electrons. The molecule has 0 spiro atoms. The van der Waals surface area contributed by atoms with E-state index in [4.69, 9.17) is 9.73 Å². The predicted molar refractivity (Wildman–Crippen MR) is 108 cm³/mol. The standard InChI is InChI=1S/C19H33N7O/c1-4-20-17(23-8-9-24-14-15-27-19(2,3)16-24)25-10-12-26(13-11-25)18-21-6-5-7-22-18/h5-7H,4,8-16H2,1-3H3,(H,20,23). The molecule has 2 aliphatic heterocycles. The molecular formula is C19H33N7O. The molecule has 0 bridgehead atoms. The number of aliphatic imine (C=N–C) groups is 1. The second-order valence-corrected chi connectivity index (χ2v) is 7.64. The van der Waals surface area contributed by atoms with Crippen LogP contribution in [0.1, 0.15) is 20.8 Å². The lowest BCUT2D eigenvalue weighted by molar-refractivity contribution is -0.0850. The van der Waals surface area contributed by atoms with Crippen LogP contribution in [0.5, 0.6) is 0 Å². The monoisotopic (exact) mass is 375 g/mol. The van der Waals surface area contributed by atoms with Crippen molar-refractivity contribution in [1.82, 2.24) is 25.1 Å². The third-order valence-electron chi connectivity index (χ3n) is 4.93. The Labute approximate surface area is 162 Å². The van der Waals surface area contributed by atoms with E-state index < -0.39 is 0 Å². The molecule has 1 aromatic heterocycles. The highest BCUT2D eigenvalue weighted by molar-refractivity contribution is 5.80. The van der Waals surface area contributed by atoms with Crippen LogP contribution >= 0.6 is 0 Å². The van der Waals surface area contributed by atoms with Crippen molar-refractivity contribution in [2.24, 2.45) is 4.99 Å². The SMILES string of the molecule is CCNC(=NCCN1CCOC(C)(C)C1)N1CCN(c2ncccn2)CC1. The van der Waals surface area contributed by atoms with Gasteiger partial charge in [-0.1, -0.05) is 0 Å². The Hall–Kier alpha value is -1.93. The van der Waals surface area contributed by atoms with E-state index >= 15 is 0 Å². The highest BCUT2D eigenvalue weighted by Gasteiger charge is 2.27. The summed E-state index contributed by atoms with van der Waals surface area (Å²) < 4.78 is 5.79. The zero-order valence-electron chi connectivity index (χ0n) is 16.9. The molecule has 2 fully saturated rings. The highest BCUT2D eigenvalue weighted by Crippen LogP contribution is 2.16. The number of ether oxygens (including phenoxy) is 1. The van der Waals surface area contributed by atoms with Crippen molar-refractivity contribution in [1.29, 1.82) is 0 Å². The Morgan fingerprint density at radius 3 is 2.59 bits per heavy atom. The molecule has 3 rings (SSSR count). The summed E-state index contributed by atoms with van der Waals surface area (Å²) in [6.45, 7) is 15.5. The van der Waals surface area contributed by atoms with Crippen LogP contribution in [0.25, 0.3) is 0 Å². The minimum absolute atomic E-state index is 0.0533. The first kappa shape index (κ1) is 19.8. The average Bonchev–Trinajstić information content (AvgIpc) is 2.67. The molecule has 3 heterocycles. The normalized spacial score (nSPS) is 21.4. The van der Waals surface area contributed by atoms with E-state index in [-0.39, 0.29) is 5.60 Å². The van der Waals surface area contributed by atoms with Crippen molar-refractivity contribution >= 4 is 11.9 Å². The summed E-state index contributed by atoms with van der Waals surface area (Å²) in [6, 6.07) is 1.85. The van der Waals surface area contributed by atoms with Crippen LogP contribution in [-0.2, 0) is 4.74 Å². The summed E-state index contributed by atoms with van der Waals surface area (Å²) in [7, 11) is 0. The number of nitrogens with one attached hydrogen (secondary N) is 1. The Balaban J connectivity index is 1.50. The second kappa shape index (κ2) is 9.32. The van der Waals surface area contributed by atoms with Crippen LogP contribution in [0.3, 0.4) is 0 Å². The van der Waals surface area contributed by atoms with Crippen LogP contribution < -0.4 is 10.2 Å². The molecule has 8 nitrogen and oxygen atoms in total. The van der Waals surface area contributed by atoms with Crippen molar-refractivity contribution in [3.63, 3.8) is 0 Å². The first-order valence-electron chi connectivity index (χ1n) is 9.99. The predicted octanol–water partition coefficient (Wildman–Crippen LogP) is 0.675. The van der Waals surface area contributed by atoms with Gasteiger partial charge in [-0.05, 0) is 26.8 Å². The van der Waals surface area contributed by atoms with Gasteiger partial charge in [-0.3, -0.25) is 9.89 Å². The molecule has 0 unspecified atom stereocenters. The van der Waals surface area contributed by atoms with Crippen LogP contribution in [0.15, 0.2) is 23.5 Å². The molecule has 0 aliphatic carbocycles. The minimum atomic E-state index is -0.0533. The highest BCUT2D eigenvalue weighted by atomic mass is 16.5. The molecule has 0 amide bonds. The quantitative estimate of drug-likeness (QED) is 0.599. The van der Waals surface area contributed by atoms with E-state index in [9.17, 15) is 0 Å². The first-order chi connectivity index (χ1) is 13.1. The second-order valence-electron chi connectivity index (χ2n) is 7.64. The van der Waals surface area contributed by atoms with Gasteiger partial charge in [-0.2, -0.15) is 0 Å². The summed E-state index contributed by atoms with van der Waals surface area (Å²) in [5.74, 6) is 1.83. The smallest absolute Gasteiger partial charge is 0.225 e. The molecule has 150 valence electrons. The molecule has 0 saturated carbocycles. The number of anilines is 1. The van der Waals surface area contributed by atoms with Crippen LogP contribution in [-0.4, -0.2) is 96.8 Å². The molecule has 8 heteroatoms. The number of hydrogen-bond acceptors (Lipinski definition) is 6. The van der Waals surface area contributed by atoms with Gasteiger partial charge in [0.2, 0.25) is 5.95 Å². The molecule has 27 heavy (non-hydrogen) atoms. The maximum absolute atomic E-state index is 5.79. The molecule has 1 N–H and O–H groups in total. The molecule has 0 atom stereocenters. The third kappa shape index (κ3) is 5.77. The van der Waals surface area contributed by atoms with Gasteiger partial charge in [-0.25, -0.2) is 9.97 Å². The number of piperazine rings is 1.